The molecule has 4 rings (SSSR count). The summed E-state index contributed by atoms with van der Waals surface area (Å²) in [4.78, 5) is 9.32. The van der Waals surface area contributed by atoms with Crippen LogP contribution in [0.3, 0.4) is 0 Å². The summed E-state index contributed by atoms with van der Waals surface area (Å²) >= 11 is 0. The number of para-hydroxylation sites is 2. The molecule has 152 valence electrons. The van der Waals surface area contributed by atoms with Crippen LogP contribution in [0.4, 0.5) is 5.82 Å². The highest BCUT2D eigenvalue weighted by Crippen LogP contribution is 2.33. The van der Waals surface area contributed by atoms with E-state index in [1.807, 2.05) is 42.0 Å². The van der Waals surface area contributed by atoms with Crippen LogP contribution in [0.25, 0.3) is 21.6 Å². The van der Waals surface area contributed by atoms with E-state index in [1.54, 1.807) is 48.3 Å². The predicted octanol–water partition coefficient (Wildman–Crippen LogP) is 3.90. The van der Waals surface area contributed by atoms with E-state index in [2.05, 4.69) is 21.3 Å². The van der Waals surface area contributed by atoms with Gasteiger partial charge in [-0.15, -0.1) is 0 Å². The van der Waals surface area contributed by atoms with E-state index < -0.39 is 10.0 Å². The molecule has 0 bridgehead atoms. The SMILES string of the molecule is C=CC[n+]1ccn(-c2nc3ccccc3nc2[N-]S(=O)(=O)c2cc(C)ccc2C)c1. The zero-order valence-electron chi connectivity index (χ0n) is 16.7. The van der Waals surface area contributed by atoms with Crippen molar-refractivity contribution < 1.29 is 13.0 Å². The largest absolute Gasteiger partial charge is 0.429 e. The van der Waals surface area contributed by atoms with Crippen LogP contribution in [-0.2, 0) is 16.6 Å². The third-order valence-electron chi connectivity index (χ3n) is 4.64. The van der Waals surface area contributed by atoms with E-state index in [4.69, 9.17) is 0 Å². The Labute approximate surface area is 175 Å². The molecule has 30 heavy (non-hydrogen) atoms. The number of benzene rings is 2. The van der Waals surface area contributed by atoms with E-state index in [0.29, 0.717) is 29.0 Å². The number of sulfonamides is 1. The second kappa shape index (κ2) is 7.72. The lowest BCUT2D eigenvalue weighted by molar-refractivity contribution is -0.686. The van der Waals surface area contributed by atoms with Crippen molar-refractivity contribution in [3.8, 4) is 5.82 Å². The Balaban J connectivity index is 1.86. The van der Waals surface area contributed by atoms with Gasteiger partial charge >= 0.3 is 0 Å². The topological polar surface area (TPSA) is 82.8 Å². The average Bonchev–Trinajstić information content (AvgIpc) is 3.17. The molecule has 2 aromatic carbocycles. The summed E-state index contributed by atoms with van der Waals surface area (Å²) in [5.41, 5.74) is 2.70. The molecular weight excluding hydrogens is 398 g/mol. The third kappa shape index (κ3) is 3.81. The summed E-state index contributed by atoms with van der Waals surface area (Å²) < 4.78 is 34.0. The first-order valence-electron chi connectivity index (χ1n) is 9.38. The van der Waals surface area contributed by atoms with Crippen LogP contribution >= 0.6 is 0 Å². The Kier molecular flexibility index (Phi) is 5.09. The molecule has 2 aromatic heterocycles. The molecule has 0 saturated heterocycles. The lowest BCUT2D eigenvalue weighted by Crippen LogP contribution is -2.29. The van der Waals surface area contributed by atoms with Gasteiger partial charge in [-0.05, 0) is 42.6 Å². The number of fused-ring (bicyclic) bond motifs is 1. The molecule has 0 amide bonds. The molecule has 4 aromatic rings. The zero-order valence-corrected chi connectivity index (χ0v) is 17.5. The number of aryl methyl sites for hydroxylation is 2. The molecule has 0 aliphatic rings. The number of imidazole rings is 1. The van der Waals surface area contributed by atoms with Crippen molar-refractivity contribution in [1.82, 2.24) is 14.5 Å². The molecule has 7 nitrogen and oxygen atoms in total. The summed E-state index contributed by atoms with van der Waals surface area (Å²) in [6, 6.07) is 12.6. The molecule has 0 spiro atoms. The molecule has 0 atom stereocenters. The summed E-state index contributed by atoms with van der Waals surface area (Å²) in [5, 5.41) is 0. The second-order valence-corrected chi connectivity index (χ2v) is 8.57. The van der Waals surface area contributed by atoms with Crippen LogP contribution in [0, 0.1) is 13.8 Å². The Hall–Kier alpha value is -3.52. The van der Waals surface area contributed by atoms with Gasteiger partial charge in [0.15, 0.2) is 0 Å². The number of rotatable bonds is 6. The van der Waals surface area contributed by atoms with Gasteiger partial charge in [0.2, 0.25) is 22.2 Å². The smallest absolute Gasteiger partial charge is 0.250 e. The molecule has 0 unspecified atom stereocenters. The van der Waals surface area contributed by atoms with E-state index >= 15 is 0 Å². The molecule has 0 aliphatic heterocycles. The van der Waals surface area contributed by atoms with E-state index in [-0.39, 0.29) is 10.7 Å². The minimum Gasteiger partial charge on any atom is -0.429 e. The van der Waals surface area contributed by atoms with Crippen molar-refractivity contribution in [1.29, 1.82) is 0 Å². The average molecular weight is 420 g/mol. The second-order valence-electron chi connectivity index (χ2n) is 7.00. The number of nitrogens with zero attached hydrogens (tertiary/aromatic N) is 5. The van der Waals surface area contributed by atoms with Gasteiger partial charge < -0.3 is 9.71 Å². The summed E-state index contributed by atoms with van der Waals surface area (Å²) in [6.45, 7) is 7.94. The van der Waals surface area contributed by atoms with Crippen molar-refractivity contribution in [3.05, 3.63) is 89.7 Å². The van der Waals surface area contributed by atoms with Crippen LogP contribution in [0.15, 0.2) is 78.7 Å². The van der Waals surface area contributed by atoms with Crippen molar-refractivity contribution in [2.24, 2.45) is 0 Å². The molecule has 8 heteroatoms. The highest BCUT2D eigenvalue weighted by molar-refractivity contribution is 7.94. The zero-order chi connectivity index (χ0) is 21.3. The van der Waals surface area contributed by atoms with Crippen molar-refractivity contribution in [3.63, 3.8) is 0 Å². The standard InChI is InChI=1S/C22H21N5O2S/c1-4-11-26-12-13-27(15-26)22-21(23-18-7-5-6-8-19(18)24-22)25-30(28,29)20-14-16(2)9-10-17(20)3/h4-10,12-15H,1,11H2,2-3H3. The van der Waals surface area contributed by atoms with Crippen LogP contribution < -0.4 is 4.57 Å². The first kappa shape index (κ1) is 19.8. The quantitative estimate of drug-likeness (QED) is 0.350. The van der Waals surface area contributed by atoms with Crippen molar-refractivity contribution in [2.45, 2.75) is 25.3 Å². The number of allylic oxidation sites excluding steroid dienone is 1. The number of hydrogen-bond acceptors (Lipinski definition) is 4. The molecule has 0 N–H and O–H groups in total. The minimum atomic E-state index is -3.98. The first-order chi connectivity index (χ1) is 14.4. The maximum atomic E-state index is 13.1. The molecular formula is C22H21N5O2S. The van der Waals surface area contributed by atoms with Gasteiger partial charge in [0.05, 0.1) is 10.4 Å². The van der Waals surface area contributed by atoms with Gasteiger partial charge in [-0.1, -0.05) is 43.0 Å². The van der Waals surface area contributed by atoms with Gasteiger partial charge in [-0.3, -0.25) is 0 Å². The Bertz CT molecular complexity index is 1360. The van der Waals surface area contributed by atoms with E-state index in [0.717, 1.165) is 5.56 Å². The third-order valence-corrected chi connectivity index (χ3v) is 6.05. The summed E-state index contributed by atoms with van der Waals surface area (Å²) in [6.07, 6.45) is 7.20. The fourth-order valence-electron chi connectivity index (χ4n) is 3.14. The van der Waals surface area contributed by atoms with Crippen LogP contribution in [-0.4, -0.2) is 23.0 Å². The van der Waals surface area contributed by atoms with Crippen LogP contribution in [0.2, 0.25) is 0 Å². The number of hydrogen-bond donors (Lipinski definition) is 0. The van der Waals surface area contributed by atoms with Gasteiger partial charge in [-0.2, -0.15) is 4.57 Å². The van der Waals surface area contributed by atoms with Gasteiger partial charge in [0.1, 0.15) is 18.9 Å². The highest BCUT2D eigenvalue weighted by Gasteiger charge is 2.18. The van der Waals surface area contributed by atoms with Crippen LogP contribution in [0.1, 0.15) is 11.1 Å². The minimum absolute atomic E-state index is 0.0379. The molecule has 2 heterocycles. The molecule has 0 saturated carbocycles. The lowest BCUT2D eigenvalue weighted by Gasteiger charge is -2.19. The first-order valence-corrected chi connectivity index (χ1v) is 10.8. The maximum Gasteiger partial charge on any atom is 0.250 e. The predicted molar refractivity (Wildman–Crippen MR) is 115 cm³/mol. The maximum absolute atomic E-state index is 13.1. The van der Waals surface area contributed by atoms with Crippen molar-refractivity contribution >= 4 is 26.9 Å². The normalized spacial score (nSPS) is 11.5. The summed E-state index contributed by atoms with van der Waals surface area (Å²) in [5.74, 6) is 0.376. The molecule has 0 fully saturated rings. The molecule has 0 radical (unpaired) electrons. The fourth-order valence-corrected chi connectivity index (χ4v) is 4.40. The molecule has 0 aliphatic carbocycles. The van der Waals surface area contributed by atoms with Gasteiger partial charge in [-0.25, -0.2) is 18.0 Å². The van der Waals surface area contributed by atoms with Gasteiger partial charge in [0.25, 0.3) is 0 Å². The fraction of sp³-hybridized carbons (Fsp3) is 0.136. The van der Waals surface area contributed by atoms with E-state index in [1.165, 1.54) is 0 Å². The Morgan fingerprint density at radius 2 is 1.87 bits per heavy atom. The van der Waals surface area contributed by atoms with Crippen LogP contribution in [0.5, 0.6) is 0 Å². The summed E-state index contributed by atoms with van der Waals surface area (Å²) in [7, 11) is -3.98. The Morgan fingerprint density at radius 3 is 2.60 bits per heavy atom. The number of aromatic nitrogens is 4. The lowest BCUT2D eigenvalue weighted by atomic mass is 10.2. The highest BCUT2D eigenvalue weighted by atomic mass is 32.2. The van der Waals surface area contributed by atoms with E-state index in [9.17, 15) is 8.42 Å². The van der Waals surface area contributed by atoms with Gasteiger partial charge in [0, 0.05) is 5.82 Å². The van der Waals surface area contributed by atoms with Crippen molar-refractivity contribution in [2.75, 3.05) is 0 Å². The Morgan fingerprint density at radius 1 is 1.13 bits per heavy atom. The monoisotopic (exact) mass is 419 g/mol.